The number of aliphatic imine (C=N–C) groups is 1. The first-order valence-electron chi connectivity index (χ1n) is 13.1. The predicted molar refractivity (Wildman–Crippen MR) is 149 cm³/mol. The van der Waals surface area contributed by atoms with E-state index in [4.69, 9.17) is 15.5 Å². The summed E-state index contributed by atoms with van der Waals surface area (Å²) in [5.41, 5.74) is 8.61. The van der Waals surface area contributed by atoms with Crippen LogP contribution in [0, 0.1) is 0 Å². The number of nitrogens with zero attached hydrogens (tertiary/aromatic N) is 5. The quantitative estimate of drug-likeness (QED) is 0.249. The van der Waals surface area contributed by atoms with E-state index in [1.54, 1.807) is 25.5 Å². The molecule has 0 saturated heterocycles. The molecule has 3 N–H and O–H groups in total. The Morgan fingerprint density at radius 3 is 2.53 bits per heavy atom. The number of aliphatic hydroxyl groups is 1. The summed E-state index contributed by atoms with van der Waals surface area (Å²) in [4.78, 5) is 38.3. The van der Waals surface area contributed by atoms with E-state index in [-0.39, 0.29) is 41.9 Å². The Bertz CT molecular complexity index is 1170. The van der Waals surface area contributed by atoms with Crippen LogP contribution in [0.5, 0.6) is 0 Å². The van der Waals surface area contributed by atoms with Crippen molar-refractivity contribution in [1.29, 1.82) is 0 Å². The van der Waals surface area contributed by atoms with Crippen molar-refractivity contribution in [3.8, 4) is 0 Å². The van der Waals surface area contributed by atoms with E-state index in [9.17, 15) is 14.7 Å². The molecule has 38 heavy (non-hydrogen) atoms. The van der Waals surface area contributed by atoms with Gasteiger partial charge in [0.05, 0.1) is 11.4 Å². The smallest absolute Gasteiger partial charge is 0.274 e. The number of hydrogen-bond acceptors (Lipinski definition) is 7. The van der Waals surface area contributed by atoms with E-state index in [2.05, 4.69) is 4.99 Å². The van der Waals surface area contributed by atoms with Gasteiger partial charge in [-0.1, -0.05) is 30.3 Å². The average Bonchev–Trinajstić information content (AvgIpc) is 3.22. The molecule has 1 aromatic carbocycles. The number of imidazole rings is 1. The molecule has 0 spiro atoms. The second kappa shape index (κ2) is 13.2. The van der Waals surface area contributed by atoms with Crippen LogP contribution in [0.2, 0.25) is 0 Å². The molecule has 0 atom stereocenters. The minimum Gasteiger partial charge on any atom is -0.478 e. The monoisotopic (exact) mass is 524 g/mol. The van der Waals surface area contributed by atoms with Crippen LogP contribution in [0.25, 0.3) is 5.70 Å². The fraction of sp³-hybridized carbons (Fsp3) is 0.500. The molecular weight excluding hydrogens is 484 g/mol. The van der Waals surface area contributed by atoms with Gasteiger partial charge in [0.15, 0.2) is 23.2 Å². The van der Waals surface area contributed by atoms with Gasteiger partial charge in [-0.3, -0.25) is 14.5 Å². The van der Waals surface area contributed by atoms with Crippen molar-refractivity contribution < 1.29 is 19.4 Å². The second-order valence-electron chi connectivity index (χ2n) is 9.89. The number of benzene rings is 1. The molecule has 10 heteroatoms. The molecule has 2 aromatic rings. The van der Waals surface area contributed by atoms with Gasteiger partial charge in [-0.15, -0.1) is 0 Å². The van der Waals surface area contributed by atoms with Crippen molar-refractivity contribution in [2.75, 3.05) is 25.1 Å². The van der Waals surface area contributed by atoms with Gasteiger partial charge >= 0.3 is 0 Å². The molecule has 1 heterocycles. The van der Waals surface area contributed by atoms with Crippen molar-refractivity contribution >= 4 is 29.7 Å². The third-order valence-corrected chi connectivity index (χ3v) is 6.59. The molecule has 206 valence electrons. The lowest BCUT2D eigenvalue weighted by molar-refractivity contribution is -0.107. The topological polar surface area (TPSA) is 126 Å². The molecule has 0 aliphatic heterocycles. The van der Waals surface area contributed by atoms with Crippen LogP contribution in [-0.2, 0) is 16.1 Å². The van der Waals surface area contributed by atoms with E-state index < -0.39 is 0 Å². The summed E-state index contributed by atoms with van der Waals surface area (Å²) in [6, 6.07) is 9.41. The largest absolute Gasteiger partial charge is 0.478 e. The van der Waals surface area contributed by atoms with E-state index in [1.807, 2.05) is 44.2 Å². The highest BCUT2D eigenvalue weighted by Gasteiger charge is 2.31. The lowest BCUT2D eigenvalue weighted by Crippen LogP contribution is -2.35. The van der Waals surface area contributed by atoms with Crippen LogP contribution in [0.1, 0.15) is 75.3 Å². The van der Waals surface area contributed by atoms with Gasteiger partial charge in [0.25, 0.3) is 5.91 Å². The van der Waals surface area contributed by atoms with Crippen LogP contribution in [0.3, 0.4) is 0 Å². The van der Waals surface area contributed by atoms with Crippen molar-refractivity contribution in [1.82, 2.24) is 14.5 Å². The Labute approximate surface area is 224 Å². The number of amides is 2. The number of hydrogen-bond donors (Lipinski definition) is 2. The molecule has 1 aliphatic rings. The number of ether oxygens (including phenoxy) is 1. The SMILES string of the molecule is CC(=N/C(C)=C(\N)c1nc(N(C=O)C(C)C)c(C(=O)N(C)CCCO)n1Cc1ccccc1)OC1CCC1. The highest BCUT2D eigenvalue weighted by atomic mass is 16.5. The number of aliphatic hydroxyl groups excluding tert-OH is 1. The molecule has 0 unspecified atom stereocenters. The average molecular weight is 525 g/mol. The van der Waals surface area contributed by atoms with Crippen molar-refractivity contribution in [3.05, 3.63) is 53.1 Å². The Balaban J connectivity index is 2.20. The zero-order valence-electron chi connectivity index (χ0n) is 23.1. The molecule has 1 aromatic heterocycles. The van der Waals surface area contributed by atoms with Gasteiger partial charge in [0.1, 0.15) is 6.10 Å². The molecule has 2 amide bonds. The fourth-order valence-corrected chi connectivity index (χ4v) is 4.18. The number of carbonyl (C=O) groups is 2. The fourth-order valence-electron chi connectivity index (χ4n) is 4.18. The standard InChI is InChI=1S/C28H40N6O4/c1-19(2)34(18-36)27-25(28(37)32(5)15-10-16-35)33(17-22-11-7-6-8-12-22)26(31-27)24(29)20(3)30-21(4)38-23-13-9-14-23/h6-8,11-12,18-19,23,35H,9-10,13-17,29H2,1-5H3/b24-20-,30-21?. The zero-order valence-corrected chi connectivity index (χ0v) is 23.1. The third kappa shape index (κ3) is 6.80. The molecular formula is C28H40N6O4. The predicted octanol–water partition coefficient (Wildman–Crippen LogP) is 3.39. The van der Waals surface area contributed by atoms with Gasteiger partial charge in [-0.2, -0.15) is 0 Å². The van der Waals surface area contributed by atoms with E-state index >= 15 is 0 Å². The van der Waals surface area contributed by atoms with Crippen molar-refractivity contribution in [3.63, 3.8) is 0 Å². The Morgan fingerprint density at radius 2 is 1.97 bits per heavy atom. The number of aromatic nitrogens is 2. The number of nitrogens with two attached hydrogens (primary N) is 1. The summed E-state index contributed by atoms with van der Waals surface area (Å²) in [6.45, 7) is 7.89. The first-order chi connectivity index (χ1) is 18.2. The summed E-state index contributed by atoms with van der Waals surface area (Å²) in [6.07, 6.45) is 4.47. The van der Waals surface area contributed by atoms with Crippen molar-refractivity contribution in [2.24, 2.45) is 10.7 Å². The Kier molecular flexibility index (Phi) is 10.1. The molecule has 10 nitrogen and oxygen atoms in total. The van der Waals surface area contributed by atoms with Crippen LogP contribution >= 0.6 is 0 Å². The molecule has 0 radical (unpaired) electrons. The summed E-state index contributed by atoms with van der Waals surface area (Å²) in [5.74, 6) is 0.763. The number of carbonyl (C=O) groups excluding carboxylic acids is 2. The minimum atomic E-state index is -0.325. The van der Waals surface area contributed by atoms with Crippen LogP contribution in [0.4, 0.5) is 5.82 Å². The van der Waals surface area contributed by atoms with E-state index in [1.165, 1.54) is 9.80 Å². The third-order valence-electron chi connectivity index (χ3n) is 6.59. The maximum atomic E-state index is 13.8. The number of rotatable bonds is 12. The number of allylic oxidation sites excluding steroid dienone is 1. The van der Waals surface area contributed by atoms with Crippen LogP contribution in [0.15, 0.2) is 41.0 Å². The lowest BCUT2D eigenvalue weighted by atomic mass is 9.96. The van der Waals surface area contributed by atoms with Gasteiger partial charge in [-0.25, -0.2) is 9.98 Å². The highest BCUT2D eigenvalue weighted by molar-refractivity contribution is 6.00. The molecule has 0 bridgehead atoms. The molecule has 1 aliphatic carbocycles. The maximum absolute atomic E-state index is 13.8. The lowest BCUT2D eigenvalue weighted by Gasteiger charge is -2.26. The normalized spacial score (nSPS) is 14.7. The van der Waals surface area contributed by atoms with E-state index in [0.717, 1.165) is 24.8 Å². The van der Waals surface area contributed by atoms with E-state index in [0.29, 0.717) is 43.3 Å². The highest BCUT2D eigenvalue weighted by Crippen LogP contribution is 2.29. The molecule has 3 rings (SSSR count). The second-order valence-corrected chi connectivity index (χ2v) is 9.89. The van der Waals surface area contributed by atoms with Gasteiger partial charge in [0.2, 0.25) is 6.41 Å². The Morgan fingerprint density at radius 1 is 1.29 bits per heavy atom. The van der Waals surface area contributed by atoms with Gasteiger partial charge in [0, 0.05) is 39.7 Å². The minimum absolute atomic E-state index is 0.0410. The molecule has 1 fully saturated rings. The summed E-state index contributed by atoms with van der Waals surface area (Å²) in [7, 11) is 1.66. The maximum Gasteiger partial charge on any atom is 0.274 e. The summed E-state index contributed by atoms with van der Waals surface area (Å²) in [5, 5.41) is 9.30. The van der Waals surface area contributed by atoms with Gasteiger partial charge < -0.3 is 25.0 Å². The summed E-state index contributed by atoms with van der Waals surface area (Å²) >= 11 is 0. The van der Waals surface area contributed by atoms with Crippen LogP contribution < -0.4 is 10.6 Å². The van der Waals surface area contributed by atoms with Crippen LogP contribution in [-0.4, -0.2) is 70.1 Å². The van der Waals surface area contributed by atoms with Gasteiger partial charge in [-0.05, 0) is 52.0 Å². The first kappa shape index (κ1) is 28.9. The zero-order chi connectivity index (χ0) is 27.8. The van der Waals surface area contributed by atoms with Crippen molar-refractivity contribution in [2.45, 2.75) is 72.1 Å². The number of anilines is 1. The molecule has 1 saturated carbocycles. The Hall–Kier alpha value is -3.66. The first-order valence-corrected chi connectivity index (χ1v) is 13.1. The summed E-state index contributed by atoms with van der Waals surface area (Å²) < 4.78 is 7.64.